The van der Waals surface area contributed by atoms with E-state index in [0.29, 0.717) is 10.7 Å². The first-order valence-electron chi connectivity index (χ1n) is 4.97. The van der Waals surface area contributed by atoms with Gasteiger partial charge in [0.15, 0.2) is 10.6 Å². The van der Waals surface area contributed by atoms with E-state index in [1.54, 1.807) is 11.3 Å². The van der Waals surface area contributed by atoms with E-state index >= 15 is 0 Å². The van der Waals surface area contributed by atoms with E-state index in [0.717, 1.165) is 21.7 Å². The highest BCUT2D eigenvalue weighted by Gasteiger charge is 2.11. The molecule has 0 bridgehead atoms. The first-order chi connectivity index (χ1) is 7.58. The van der Waals surface area contributed by atoms with Crippen LogP contribution in [0.3, 0.4) is 0 Å². The second kappa shape index (κ2) is 4.81. The Kier molecular flexibility index (Phi) is 3.61. The maximum Gasteiger partial charge on any atom is 0.195 e. The van der Waals surface area contributed by atoms with Crippen molar-refractivity contribution in [2.45, 2.75) is 20.4 Å². The second-order valence-electron chi connectivity index (χ2n) is 4.00. The lowest BCUT2D eigenvalue weighted by Crippen LogP contribution is -2.06. The van der Waals surface area contributed by atoms with Gasteiger partial charge in [-0.3, -0.25) is 9.67 Å². The molecule has 0 amide bonds. The maximum absolute atomic E-state index is 5.23. The number of aromatic nitrogens is 3. The van der Waals surface area contributed by atoms with Crippen LogP contribution in [-0.4, -0.2) is 14.8 Å². The van der Waals surface area contributed by atoms with E-state index < -0.39 is 0 Å². The first-order valence-corrected chi connectivity index (χ1v) is 7.05. The van der Waals surface area contributed by atoms with Crippen LogP contribution in [0.2, 0.25) is 0 Å². The van der Waals surface area contributed by atoms with Gasteiger partial charge in [0.2, 0.25) is 0 Å². The number of nitrogens with one attached hydrogen (secondary N) is 1. The molecule has 0 spiro atoms. The fraction of sp³-hybridized carbons (Fsp3) is 0.400. The molecule has 0 saturated carbocycles. The quantitative estimate of drug-likeness (QED) is 0.865. The van der Waals surface area contributed by atoms with Crippen LogP contribution in [0.15, 0.2) is 15.2 Å². The zero-order chi connectivity index (χ0) is 11.7. The molecular formula is C10H12BrN3S2. The molecule has 6 heteroatoms. The van der Waals surface area contributed by atoms with Gasteiger partial charge in [0, 0.05) is 17.5 Å². The largest absolute Gasteiger partial charge is 0.300 e. The Morgan fingerprint density at radius 3 is 2.94 bits per heavy atom. The molecule has 1 N–H and O–H groups in total. The van der Waals surface area contributed by atoms with Gasteiger partial charge in [-0.2, -0.15) is 5.10 Å². The highest BCUT2D eigenvalue weighted by atomic mass is 79.9. The van der Waals surface area contributed by atoms with Crippen LogP contribution in [0.4, 0.5) is 0 Å². The molecule has 0 radical (unpaired) electrons. The average Bonchev–Trinajstić information content (AvgIpc) is 2.75. The number of aromatic amines is 1. The van der Waals surface area contributed by atoms with E-state index in [1.165, 1.54) is 0 Å². The third kappa shape index (κ3) is 2.44. The molecule has 0 aliphatic carbocycles. The van der Waals surface area contributed by atoms with Crippen molar-refractivity contribution >= 4 is 39.5 Å². The fourth-order valence-corrected chi connectivity index (χ4v) is 2.84. The van der Waals surface area contributed by atoms with Gasteiger partial charge in [-0.25, -0.2) is 0 Å². The SMILES string of the molecule is CC(C)Cn1c(-c2csc(Br)c2)n[nH]c1=S. The topological polar surface area (TPSA) is 33.6 Å². The summed E-state index contributed by atoms with van der Waals surface area (Å²) in [6.45, 7) is 5.22. The number of nitrogens with zero attached hydrogens (tertiary/aromatic N) is 2. The number of thiophene rings is 1. The lowest BCUT2D eigenvalue weighted by atomic mass is 10.2. The van der Waals surface area contributed by atoms with Gasteiger partial charge >= 0.3 is 0 Å². The Morgan fingerprint density at radius 2 is 2.38 bits per heavy atom. The van der Waals surface area contributed by atoms with Crippen molar-refractivity contribution in [2.24, 2.45) is 5.92 Å². The first kappa shape index (κ1) is 12.0. The molecule has 16 heavy (non-hydrogen) atoms. The van der Waals surface area contributed by atoms with E-state index in [1.807, 2.05) is 0 Å². The molecule has 86 valence electrons. The number of halogens is 1. The zero-order valence-electron chi connectivity index (χ0n) is 9.03. The van der Waals surface area contributed by atoms with Crippen LogP contribution in [0.5, 0.6) is 0 Å². The summed E-state index contributed by atoms with van der Waals surface area (Å²) in [5.74, 6) is 1.46. The van der Waals surface area contributed by atoms with Crippen molar-refractivity contribution in [2.75, 3.05) is 0 Å². The Labute approximate surface area is 112 Å². The van der Waals surface area contributed by atoms with Gasteiger partial charge in [0.25, 0.3) is 0 Å². The van der Waals surface area contributed by atoms with Crippen molar-refractivity contribution in [1.29, 1.82) is 0 Å². The van der Waals surface area contributed by atoms with Crippen molar-refractivity contribution in [3.8, 4) is 11.4 Å². The van der Waals surface area contributed by atoms with Crippen LogP contribution in [0.1, 0.15) is 13.8 Å². The third-order valence-electron chi connectivity index (χ3n) is 2.13. The molecule has 2 aromatic heterocycles. The minimum absolute atomic E-state index is 0.546. The summed E-state index contributed by atoms with van der Waals surface area (Å²) in [6, 6.07) is 2.06. The van der Waals surface area contributed by atoms with Crippen molar-refractivity contribution in [1.82, 2.24) is 14.8 Å². The summed E-state index contributed by atoms with van der Waals surface area (Å²) < 4.78 is 3.84. The third-order valence-corrected chi connectivity index (χ3v) is 3.95. The van der Waals surface area contributed by atoms with E-state index in [2.05, 4.69) is 56.0 Å². The summed E-state index contributed by atoms with van der Waals surface area (Å²) >= 11 is 10.3. The monoisotopic (exact) mass is 317 g/mol. The van der Waals surface area contributed by atoms with E-state index in [4.69, 9.17) is 12.2 Å². The standard InChI is InChI=1S/C10H12BrN3S2/c1-6(2)4-14-9(12-13-10(14)15)7-3-8(11)16-5-7/h3,5-6H,4H2,1-2H3,(H,13,15). The van der Waals surface area contributed by atoms with Gasteiger partial charge in [-0.1, -0.05) is 13.8 Å². The normalized spacial score (nSPS) is 11.2. The number of hydrogen-bond donors (Lipinski definition) is 1. The van der Waals surface area contributed by atoms with Crippen molar-refractivity contribution in [3.63, 3.8) is 0 Å². The molecule has 0 aliphatic rings. The minimum atomic E-state index is 0.546. The predicted octanol–water partition coefficient (Wildman–Crippen LogP) is 4.09. The summed E-state index contributed by atoms with van der Waals surface area (Å²) in [5, 5.41) is 9.21. The minimum Gasteiger partial charge on any atom is -0.300 e. The zero-order valence-corrected chi connectivity index (χ0v) is 12.2. The molecule has 0 aliphatic heterocycles. The Hall–Kier alpha value is -0.460. The van der Waals surface area contributed by atoms with Crippen LogP contribution in [-0.2, 0) is 6.54 Å². The van der Waals surface area contributed by atoms with Crippen LogP contribution < -0.4 is 0 Å². The van der Waals surface area contributed by atoms with Crippen molar-refractivity contribution in [3.05, 3.63) is 20.0 Å². The number of hydrogen-bond acceptors (Lipinski definition) is 3. The highest BCUT2D eigenvalue weighted by Crippen LogP contribution is 2.28. The molecular weight excluding hydrogens is 306 g/mol. The predicted molar refractivity (Wildman–Crippen MR) is 73.3 cm³/mol. The van der Waals surface area contributed by atoms with Gasteiger partial charge in [-0.05, 0) is 40.1 Å². The smallest absolute Gasteiger partial charge is 0.195 e. The summed E-state index contributed by atoms with van der Waals surface area (Å²) in [7, 11) is 0. The van der Waals surface area contributed by atoms with Gasteiger partial charge in [0.1, 0.15) is 0 Å². The lowest BCUT2D eigenvalue weighted by Gasteiger charge is -2.07. The second-order valence-corrected chi connectivity index (χ2v) is 6.67. The maximum atomic E-state index is 5.23. The highest BCUT2D eigenvalue weighted by molar-refractivity contribution is 9.11. The molecule has 2 heterocycles. The molecule has 0 fully saturated rings. The summed E-state index contributed by atoms with van der Waals surface area (Å²) in [4.78, 5) is 0. The molecule has 0 saturated heterocycles. The molecule has 0 unspecified atom stereocenters. The summed E-state index contributed by atoms with van der Waals surface area (Å²) in [6.07, 6.45) is 0. The Morgan fingerprint density at radius 1 is 1.62 bits per heavy atom. The Balaban J connectivity index is 2.45. The van der Waals surface area contributed by atoms with Crippen molar-refractivity contribution < 1.29 is 0 Å². The van der Waals surface area contributed by atoms with Gasteiger partial charge in [-0.15, -0.1) is 11.3 Å². The number of rotatable bonds is 3. The molecule has 3 nitrogen and oxygen atoms in total. The van der Waals surface area contributed by atoms with Crippen LogP contribution in [0.25, 0.3) is 11.4 Å². The molecule has 2 aromatic rings. The molecule has 0 atom stereocenters. The molecule has 0 aromatic carbocycles. The van der Waals surface area contributed by atoms with E-state index in [-0.39, 0.29) is 0 Å². The van der Waals surface area contributed by atoms with Crippen LogP contribution >= 0.6 is 39.5 Å². The van der Waals surface area contributed by atoms with E-state index in [9.17, 15) is 0 Å². The fourth-order valence-electron chi connectivity index (χ4n) is 1.50. The Bertz CT molecular complexity index is 538. The average molecular weight is 318 g/mol. The van der Waals surface area contributed by atoms with Gasteiger partial charge in [0.05, 0.1) is 3.79 Å². The van der Waals surface area contributed by atoms with Crippen LogP contribution in [0, 0.1) is 10.7 Å². The summed E-state index contributed by atoms with van der Waals surface area (Å²) in [5.41, 5.74) is 1.10. The molecule has 2 rings (SSSR count). The number of H-pyrrole nitrogens is 1. The lowest BCUT2D eigenvalue weighted by molar-refractivity contribution is 0.521. The van der Waals surface area contributed by atoms with Gasteiger partial charge < -0.3 is 0 Å².